The number of rotatable bonds is 2. The van der Waals surface area contributed by atoms with Gasteiger partial charge in [-0.2, -0.15) is 23.0 Å². The van der Waals surface area contributed by atoms with Crippen molar-refractivity contribution in [2.45, 2.75) is 6.18 Å². The van der Waals surface area contributed by atoms with E-state index in [9.17, 15) is 18.0 Å². The molecule has 0 radical (unpaired) electrons. The fraction of sp³-hybridized carbons (Fsp3) is 0.167. The summed E-state index contributed by atoms with van der Waals surface area (Å²) in [5.74, 6) is 0. The van der Waals surface area contributed by atoms with Gasteiger partial charge in [-0.3, -0.25) is 4.79 Å². The summed E-state index contributed by atoms with van der Waals surface area (Å²) in [6.07, 6.45) is -3.12. The van der Waals surface area contributed by atoms with Gasteiger partial charge in [0.1, 0.15) is 5.69 Å². The molecule has 0 atom stereocenters. The maximum absolute atomic E-state index is 12.6. The first-order valence-corrected chi connectivity index (χ1v) is 5.37. The molecule has 2 aromatic rings. The summed E-state index contributed by atoms with van der Waals surface area (Å²) in [5.41, 5.74) is -1.01. The van der Waals surface area contributed by atoms with Crippen molar-refractivity contribution in [3.05, 3.63) is 52.4 Å². The molecular weight excluding hydrogens is 259 g/mol. The Morgan fingerprint density at radius 3 is 2.63 bits per heavy atom. The van der Waals surface area contributed by atoms with Gasteiger partial charge in [-0.1, -0.05) is 6.07 Å². The van der Waals surface area contributed by atoms with E-state index in [1.807, 2.05) is 0 Å². The van der Waals surface area contributed by atoms with Gasteiger partial charge in [0.05, 0.1) is 17.4 Å². The van der Waals surface area contributed by atoms with E-state index in [1.165, 1.54) is 24.4 Å². The highest BCUT2D eigenvalue weighted by atomic mass is 19.4. The van der Waals surface area contributed by atoms with Crippen molar-refractivity contribution >= 4 is 5.69 Å². The summed E-state index contributed by atoms with van der Waals surface area (Å²) in [4.78, 5) is 11.9. The number of anilines is 1. The van der Waals surface area contributed by atoms with Gasteiger partial charge in [0.2, 0.25) is 0 Å². The van der Waals surface area contributed by atoms with Crippen LogP contribution in [0, 0.1) is 0 Å². The van der Waals surface area contributed by atoms with Crippen LogP contribution in [0.4, 0.5) is 18.9 Å². The molecule has 0 aliphatic carbocycles. The molecule has 0 aliphatic rings. The van der Waals surface area contributed by atoms with Crippen LogP contribution in [0.5, 0.6) is 0 Å². The van der Waals surface area contributed by atoms with Crippen LogP contribution in [-0.4, -0.2) is 16.8 Å². The molecule has 0 spiro atoms. The maximum atomic E-state index is 12.6. The SMILES string of the molecule is CNc1ccnn(-c2cccc(C(F)(F)F)c2)c1=O. The van der Waals surface area contributed by atoms with Crippen molar-refractivity contribution in [1.29, 1.82) is 0 Å². The van der Waals surface area contributed by atoms with Gasteiger partial charge in [-0.25, -0.2) is 0 Å². The fourth-order valence-corrected chi connectivity index (χ4v) is 1.60. The van der Waals surface area contributed by atoms with Crippen LogP contribution >= 0.6 is 0 Å². The topological polar surface area (TPSA) is 46.9 Å². The molecule has 1 aromatic carbocycles. The summed E-state index contributed by atoms with van der Waals surface area (Å²) in [6, 6.07) is 5.90. The number of halogens is 3. The van der Waals surface area contributed by atoms with Gasteiger partial charge < -0.3 is 5.32 Å². The highest BCUT2D eigenvalue weighted by Gasteiger charge is 2.30. The summed E-state index contributed by atoms with van der Waals surface area (Å²) in [6.45, 7) is 0. The second-order valence-electron chi connectivity index (χ2n) is 3.76. The van der Waals surface area contributed by atoms with Crippen LogP contribution in [0.2, 0.25) is 0 Å². The number of hydrogen-bond donors (Lipinski definition) is 1. The standard InChI is InChI=1S/C12H10F3N3O/c1-16-10-5-6-17-18(11(10)19)9-4-2-3-8(7-9)12(13,14)15/h2-7,16H,1H3. The minimum absolute atomic E-state index is 0.0666. The average Bonchev–Trinajstić information content (AvgIpc) is 2.38. The lowest BCUT2D eigenvalue weighted by Gasteiger charge is -2.10. The van der Waals surface area contributed by atoms with Crippen molar-refractivity contribution in [2.24, 2.45) is 0 Å². The normalized spacial score (nSPS) is 11.4. The molecule has 4 nitrogen and oxygen atoms in total. The number of nitrogens with zero attached hydrogens (tertiary/aromatic N) is 2. The van der Waals surface area contributed by atoms with Gasteiger partial charge in [-0.15, -0.1) is 0 Å². The third-order valence-electron chi connectivity index (χ3n) is 2.53. The highest BCUT2D eigenvalue weighted by Crippen LogP contribution is 2.29. The zero-order valence-electron chi connectivity index (χ0n) is 9.90. The first-order chi connectivity index (χ1) is 8.93. The minimum atomic E-state index is -4.46. The Morgan fingerprint density at radius 1 is 1.26 bits per heavy atom. The van der Waals surface area contributed by atoms with Crippen molar-refractivity contribution < 1.29 is 13.2 Å². The summed E-state index contributed by atoms with van der Waals surface area (Å²) in [5, 5.41) is 6.43. The van der Waals surface area contributed by atoms with E-state index in [2.05, 4.69) is 10.4 Å². The zero-order chi connectivity index (χ0) is 14.0. The van der Waals surface area contributed by atoms with Gasteiger partial charge in [0.15, 0.2) is 0 Å². The van der Waals surface area contributed by atoms with Crippen molar-refractivity contribution in [1.82, 2.24) is 9.78 Å². The predicted octanol–water partition coefficient (Wildman–Crippen LogP) is 2.29. The van der Waals surface area contributed by atoms with Crippen molar-refractivity contribution in [2.75, 3.05) is 12.4 Å². The molecule has 0 saturated heterocycles. The molecular formula is C12H10F3N3O. The molecule has 2 rings (SSSR count). The lowest BCUT2D eigenvalue weighted by Crippen LogP contribution is -2.23. The molecule has 0 amide bonds. The maximum Gasteiger partial charge on any atom is 0.416 e. The van der Waals surface area contributed by atoms with E-state index in [4.69, 9.17) is 0 Å². The molecule has 0 unspecified atom stereocenters. The molecule has 1 heterocycles. The van der Waals surface area contributed by atoms with E-state index < -0.39 is 17.3 Å². The predicted molar refractivity (Wildman–Crippen MR) is 64.4 cm³/mol. The Balaban J connectivity index is 2.57. The van der Waals surface area contributed by atoms with Gasteiger partial charge in [0, 0.05) is 7.05 Å². The number of aromatic nitrogens is 2. The summed E-state index contributed by atoms with van der Waals surface area (Å²) < 4.78 is 38.7. The molecule has 0 aliphatic heterocycles. The molecule has 1 aromatic heterocycles. The van der Waals surface area contributed by atoms with E-state index in [1.54, 1.807) is 7.05 Å². The van der Waals surface area contributed by atoms with E-state index in [-0.39, 0.29) is 11.4 Å². The molecule has 100 valence electrons. The van der Waals surface area contributed by atoms with Crippen molar-refractivity contribution in [3.63, 3.8) is 0 Å². The molecule has 7 heteroatoms. The van der Waals surface area contributed by atoms with Crippen LogP contribution in [0.3, 0.4) is 0 Å². The average molecular weight is 269 g/mol. The number of benzene rings is 1. The van der Waals surface area contributed by atoms with Crippen LogP contribution in [0.1, 0.15) is 5.56 Å². The van der Waals surface area contributed by atoms with E-state index >= 15 is 0 Å². The Labute approximate surface area is 106 Å². The van der Waals surface area contributed by atoms with E-state index in [0.29, 0.717) is 0 Å². The van der Waals surface area contributed by atoms with Gasteiger partial charge in [-0.05, 0) is 24.3 Å². The fourth-order valence-electron chi connectivity index (χ4n) is 1.60. The molecule has 0 bridgehead atoms. The minimum Gasteiger partial charge on any atom is -0.384 e. The lowest BCUT2D eigenvalue weighted by molar-refractivity contribution is -0.137. The summed E-state index contributed by atoms with van der Waals surface area (Å²) >= 11 is 0. The van der Waals surface area contributed by atoms with Crippen LogP contribution < -0.4 is 10.9 Å². The highest BCUT2D eigenvalue weighted by molar-refractivity contribution is 5.43. The Bertz CT molecular complexity index is 649. The largest absolute Gasteiger partial charge is 0.416 e. The first-order valence-electron chi connectivity index (χ1n) is 5.37. The Kier molecular flexibility index (Phi) is 3.28. The Hall–Kier alpha value is -2.31. The lowest BCUT2D eigenvalue weighted by atomic mass is 10.2. The van der Waals surface area contributed by atoms with Gasteiger partial charge >= 0.3 is 6.18 Å². The number of hydrogen-bond acceptors (Lipinski definition) is 3. The third kappa shape index (κ3) is 2.59. The van der Waals surface area contributed by atoms with Gasteiger partial charge in [0.25, 0.3) is 5.56 Å². The molecule has 1 N–H and O–H groups in total. The number of nitrogens with one attached hydrogen (secondary N) is 1. The van der Waals surface area contributed by atoms with Crippen molar-refractivity contribution in [3.8, 4) is 5.69 Å². The first kappa shape index (κ1) is 13.1. The Morgan fingerprint density at radius 2 is 2.00 bits per heavy atom. The van der Waals surface area contributed by atoms with Crippen LogP contribution in [0.15, 0.2) is 41.3 Å². The monoisotopic (exact) mass is 269 g/mol. The molecule has 0 fully saturated rings. The quantitative estimate of drug-likeness (QED) is 0.910. The second kappa shape index (κ2) is 4.75. The zero-order valence-corrected chi connectivity index (χ0v) is 9.90. The third-order valence-corrected chi connectivity index (χ3v) is 2.53. The van der Waals surface area contributed by atoms with Crippen LogP contribution in [0.25, 0.3) is 5.69 Å². The van der Waals surface area contributed by atoms with E-state index in [0.717, 1.165) is 16.8 Å². The second-order valence-corrected chi connectivity index (χ2v) is 3.76. The number of alkyl halides is 3. The summed E-state index contributed by atoms with van der Waals surface area (Å²) in [7, 11) is 1.55. The smallest absolute Gasteiger partial charge is 0.384 e. The molecule has 0 saturated carbocycles. The molecule has 19 heavy (non-hydrogen) atoms. The van der Waals surface area contributed by atoms with Crippen LogP contribution in [-0.2, 0) is 6.18 Å².